The van der Waals surface area contributed by atoms with Gasteiger partial charge in [0, 0.05) is 12.1 Å². The van der Waals surface area contributed by atoms with Gasteiger partial charge in [-0.1, -0.05) is 0 Å². The van der Waals surface area contributed by atoms with E-state index in [2.05, 4.69) is 15.1 Å². The molecular weight excluding hydrogens is 208 g/mol. The molecule has 0 aliphatic heterocycles. The number of methoxy groups -OCH3 is 1. The van der Waals surface area contributed by atoms with E-state index in [0.29, 0.717) is 0 Å². The zero-order valence-electron chi connectivity index (χ0n) is 8.30. The van der Waals surface area contributed by atoms with Crippen molar-refractivity contribution in [3.8, 4) is 11.5 Å². The highest BCUT2D eigenvalue weighted by Gasteiger charge is 2.18. The number of phenolic OH excluding ortho intramolecular Hbond substituents is 1. The molecule has 0 saturated carbocycles. The number of hydrogen-bond donors (Lipinski definition) is 2. The lowest BCUT2D eigenvalue weighted by molar-refractivity contribution is 0.0857. The molecule has 6 heteroatoms. The van der Waals surface area contributed by atoms with Crippen LogP contribution in [0.5, 0.6) is 11.5 Å². The Morgan fingerprint density at radius 1 is 1.33 bits per heavy atom. The molecule has 84 valence electrons. The largest absolute Gasteiger partial charge is 0.503 e. The van der Waals surface area contributed by atoms with Gasteiger partial charge in [0.2, 0.25) is 5.82 Å². The van der Waals surface area contributed by atoms with Crippen LogP contribution >= 0.6 is 0 Å². The summed E-state index contributed by atoms with van der Waals surface area (Å²) >= 11 is 0. The van der Waals surface area contributed by atoms with Crippen LogP contribution in [-0.4, -0.2) is 19.3 Å². The monoisotopic (exact) mass is 219 g/mol. The van der Waals surface area contributed by atoms with Gasteiger partial charge in [-0.2, -0.15) is 9.87 Å². The van der Waals surface area contributed by atoms with Crippen LogP contribution in [-0.2, 0) is 11.4 Å². The molecule has 0 atom stereocenters. The van der Waals surface area contributed by atoms with Crippen LogP contribution < -0.4 is 10.2 Å². The van der Waals surface area contributed by atoms with Gasteiger partial charge in [0.05, 0.1) is 14.2 Å². The Balaban J connectivity index is 3.11. The second-order valence-electron chi connectivity index (χ2n) is 2.74. The lowest BCUT2D eigenvalue weighted by atomic mass is 10.1. The molecule has 0 amide bonds. The van der Waals surface area contributed by atoms with Crippen LogP contribution in [0.1, 0.15) is 5.56 Å². The Bertz CT molecular complexity index is 358. The molecule has 0 unspecified atom stereocenters. The van der Waals surface area contributed by atoms with E-state index in [-0.39, 0.29) is 17.9 Å². The highest BCUT2D eigenvalue weighted by molar-refractivity contribution is 5.41. The molecule has 0 spiro atoms. The fraction of sp³-hybridized carbons (Fsp3) is 0.333. The molecular formula is C9H11F2NO3. The van der Waals surface area contributed by atoms with E-state index in [9.17, 15) is 8.78 Å². The number of halogens is 2. The molecule has 0 fully saturated rings. The van der Waals surface area contributed by atoms with Crippen LogP contribution in [0.4, 0.5) is 8.78 Å². The molecule has 1 rings (SSSR count). The lowest BCUT2D eigenvalue weighted by Gasteiger charge is -2.09. The van der Waals surface area contributed by atoms with E-state index in [1.807, 2.05) is 0 Å². The number of aromatic hydroxyl groups is 1. The molecule has 4 nitrogen and oxygen atoms in total. The third-order valence-corrected chi connectivity index (χ3v) is 1.85. The van der Waals surface area contributed by atoms with Crippen molar-refractivity contribution in [2.75, 3.05) is 14.2 Å². The third-order valence-electron chi connectivity index (χ3n) is 1.85. The molecule has 0 aromatic heterocycles. The summed E-state index contributed by atoms with van der Waals surface area (Å²) in [6.07, 6.45) is 0. The predicted molar refractivity (Wildman–Crippen MR) is 48.4 cm³/mol. The van der Waals surface area contributed by atoms with E-state index in [1.54, 1.807) is 0 Å². The van der Waals surface area contributed by atoms with Crippen LogP contribution in [0.2, 0.25) is 0 Å². The number of hydrogen-bond acceptors (Lipinski definition) is 4. The van der Waals surface area contributed by atoms with E-state index >= 15 is 0 Å². The standard InChI is InChI=1S/C9H11F2NO3/c1-14-6-3-5(4-12-15-2)7(10)9(13)8(6)11/h3,12-13H,4H2,1-2H3. The maximum absolute atomic E-state index is 13.3. The molecule has 0 bridgehead atoms. The number of nitrogens with one attached hydrogen (secondary N) is 1. The summed E-state index contributed by atoms with van der Waals surface area (Å²) in [5.74, 6) is -3.42. The Hall–Kier alpha value is -1.40. The first kappa shape index (κ1) is 11.7. The number of hydroxylamine groups is 1. The summed E-state index contributed by atoms with van der Waals surface area (Å²) in [5, 5.41) is 9.10. The first-order valence-electron chi connectivity index (χ1n) is 4.11. The van der Waals surface area contributed by atoms with Crippen molar-refractivity contribution in [3.05, 3.63) is 23.3 Å². The highest BCUT2D eigenvalue weighted by atomic mass is 19.1. The molecule has 2 N–H and O–H groups in total. The van der Waals surface area contributed by atoms with Crippen LogP contribution in [0.25, 0.3) is 0 Å². The summed E-state index contributed by atoms with van der Waals surface area (Å²) in [6, 6.07) is 1.15. The zero-order chi connectivity index (χ0) is 11.4. The fourth-order valence-electron chi connectivity index (χ4n) is 1.08. The number of phenols is 1. The molecule has 0 aliphatic carbocycles. The van der Waals surface area contributed by atoms with Crippen LogP contribution in [0, 0.1) is 11.6 Å². The van der Waals surface area contributed by atoms with Gasteiger partial charge in [-0.3, -0.25) is 0 Å². The normalized spacial score (nSPS) is 10.4. The zero-order valence-corrected chi connectivity index (χ0v) is 8.30. The van der Waals surface area contributed by atoms with E-state index in [4.69, 9.17) is 5.11 Å². The Kier molecular flexibility index (Phi) is 3.81. The van der Waals surface area contributed by atoms with Gasteiger partial charge >= 0.3 is 0 Å². The van der Waals surface area contributed by atoms with Gasteiger partial charge in [0.25, 0.3) is 0 Å². The van der Waals surface area contributed by atoms with Gasteiger partial charge in [-0.25, -0.2) is 4.39 Å². The minimum Gasteiger partial charge on any atom is -0.503 e. The minimum absolute atomic E-state index is 0.00741. The Labute approximate surface area is 85.4 Å². The van der Waals surface area contributed by atoms with E-state index in [0.717, 1.165) is 6.07 Å². The van der Waals surface area contributed by atoms with E-state index < -0.39 is 17.4 Å². The summed E-state index contributed by atoms with van der Waals surface area (Å²) < 4.78 is 31.0. The highest BCUT2D eigenvalue weighted by Crippen LogP contribution is 2.31. The summed E-state index contributed by atoms with van der Waals surface area (Å²) in [4.78, 5) is 4.51. The third kappa shape index (κ3) is 2.34. The molecule has 0 heterocycles. The Morgan fingerprint density at radius 3 is 2.53 bits per heavy atom. The molecule has 1 aromatic rings. The van der Waals surface area contributed by atoms with Crippen molar-refractivity contribution in [3.63, 3.8) is 0 Å². The summed E-state index contributed by atoms with van der Waals surface area (Å²) in [6.45, 7) is -0.00741. The number of benzene rings is 1. The average Bonchev–Trinajstić information content (AvgIpc) is 2.25. The van der Waals surface area contributed by atoms with Gasteiger partial charge in [-0.15, -0.1) is 0 Å². The van der Waals surface area contributed by atoms with Gasteiger partial charge < -0.3 is 14.7 Å². The van der Waals surface area contributed by atoms with Crippen molar-refractivity contribution in [2.24, 2.45) is 0 Å². The Morgan fingerprint density at radius 2 is 2.00 bits per heavy atom. The first-order chi connectivity index (χ1) is 7.11. The fourth-order valence-corrected chi connectivity index (χ4v) is 1.08. The topological polar surface area (TPSA) is 50.7 Å². The van der Waals surface area contributed by atoms with Crippen molar-refractivity contribution in [2.45, 2.75) is 6.54 Å². The number of ether oxygens (including phenoxy) is 1. The van der Waals surface area contributed by atoms with Crippen molar-refractivity contribution < 1.29 is 23.5 Å². The maximum atomic E-state index is 13.3. The lowest BCUT2D eigenvalue weighted by Crippen LogP contribution is -2.12. The quantitative estimate of drug-likeness (QED) is 0.750. The first-order valence-corrected chi connectivity index (χ1v) is 4.11. The van der Waals surface area contributed by atoms with E-state index in [1.165, 1.54) is 14.2 Å². The molecule has 0 saturated heterocycles. The summed E-state index contributed by atoms with van der Waals surface area (Å²) in [5.41, 5.74) is 2.42. The maximum Gasteiger partial charge on any atom is 0.209 e. The van der Waals surface area contributed by atoms with Crippen LogP contribution in [0.15, 0.2) is 6.07 Å². The average molecular weight is 219 g/mol. The van der Waals surface area contributed by atoms with Gasteiger partial charge in [0.15, 0.2) is 17.3 Å². The van der Waals surface area contributed by atoms with Crippen molar-refractivity contribution in [1.82, 2.24) is 5.48 Å². The van der Waals surface area contributed by atoms with Crippen molar-refractivity contribution >= 4 is 0 Å². The molecule has 15 heavy (non-hydrogen) atoms. The second-order valence-corrected chi connectivity index (χ2v) is 2.74. The van der Waals surface area contributed by atoms with Gasteiger partial charge in [0.1, 0.15) is 0 Å². The number of rotatable bonds is 4. The predicted octanol–water partition coefficient (Wildman–Crippen LogP) is 1.33. The molecule has 0 radical (unpaired) electrons. The van der Waals surface area contributed by atoms with Crippen molar-refractivity contribution in [1.29, 1.82) is 0 Å². The molecule has 0 aliphatic rings. The minimum atomic E-state index is -1.11. The van der Waals surface area contributed by atoms with Crippen LogP contribution in [0.3, 0.4) is 0 Å². The summed E-state index contributed by atoms with van der Waals surface area (Å²) in [7, 11) is 2.59. The smallest absolute Gasteiger partial charge is 0.209 e. The second kappa shape index (κ2) is 4.90. The van der Waals surface area contributed by atoms with Gasteiger partial charge in [-0.05, 0) is 6.07 Å². The SMILES string of the molecule is CONCc1cc(OC)c(F)c(O)c1F. The molecule has 1 aromatic carbocycles.